The van der Waals surface area contributed by atoms with E-state index in [1.807, 2.05) is 18.2 Å². The van der Waals surface area contributed by atoms with E-state index in [2.05, 4.69) is 10.1 Å². The number of ether oxygens (including phenoxy) is 1. The van der Waals surface area contributed by atoms with E-state index < -0.39 is 0 Å². The van der Waals surface area contributed by atoms with Crippen molar-refractivity contribution in [1.82, 2.24) is 5.32 Å². The van der Waals surface area contributed by atoms with Crippen molar-refractivity contribution in [2.24, 2.45) is 0 Å². The SMILES string of the molecule is COC(=O)CC(C)NC(=O)CCc1ccccc1Cl. The minimum Gasteiger partial charge on any atom is -0.469 e. The molecule has 4 nitrogen and oxygen atoms in total. The van der Waals surface area contributed by atoms with E-state index in [0.717, 1.165) is 5.56 Å². The van der Waals surface area contributed by atoms with Crippen molar-refractivity contribution < 1.29 is 14.3 Å². The van der Waals surface area contributed by atoms with Crippen LogP contribution in [-0.4, -0.2) is 25.0 Å². The molecule has 0 fully saturated rings. The molecule has 1 amide bonds. The number of halogens is 1. The van der Waals surface area contributed by atoms with Gasteiger partial charge in [-0.15, -0.1) is 0 Å². The Hall–Kier alpha value is -1.55. The number of esters is 1. The van der Waals surface area contributed by atoms with Crippen LogP contribution in [0.3, 0.4) is 0 Å². The van der Waals surface area contributed by atoms with Gasteiger partial charge in [-0.25, -0.2) is 0 Å². The first-order valence-corrected chi connectivity index (χ1v) is 6.50. The predicted octanol–water partition coefficient (Wildman–Crippen LogP) is 2.34. The summed E-state index contributed by atoms with van der Waals surface area (Å²) < 4.78 is 4.54. The molecule has 5 heteroatoms. The highest BCUT2D eigenvalue weighted by Gasteiger charge is 2.12. The quantitative estimate of drug-likeness (QED) is 0.815. The number of amides is 1. The fraction of sp³-hybridized carbons (Fsp3) is 0.429. The summed E-state index contributed by atoms with van der Waals surface area (Å²) in [5.41, 5.74) is 0.944. The zero-order chi connectivity index (χ0) is 14.3. The zero-order valence-corrected chi connectivity index (χ0v) is 11.9. The van der Waals surface area contributed by atoms with Crippen LogP contribution in [0, 0.1) is 0 Å². The number of carbonyl (C=O) groups is 2. The van der Waals surface area contributed by atoms with Crippen molar-refractivity contribution in [2.75, 3.05) is 7.11 Å². The highest BCUT2D eigenvalue weighted by atomic mass is 35.5. The summed E-state index contributed by atoms with van der Waals surface area (Å²) in [7, 11) is 1.33. The standard InChI is InChI=1S/C14H18ClNO3/c1-10(9-14(18)19-2)16-13(17)8-7-11-5-3-4-6-12(11)15/h3-6,10H,7-9H2,1-2H3,(H,16,17). The van der Waals surface area contributed by atoms with E-state index in [9.17, 15) is 9.59 Å². The molecule has 104 valence electrons. The predicted molar refractivity (Wildman–Crippen MR) is 74.0 cm³/mol. The molecular formula is C14H18ClNO3. The third kappa shape index (κ3) is 5.75. The van der Waals surface area contributed by atoms with Gasteiger partial charge in [0.15, 0.2) is 0 Å². The molecule has 1 unspecified atom stereocenters. The number of carbonyl (C=O) groups excluding carboxylic acids is 2. The Morgan fingerprint density at radius 2 is 2.05 bits per heavy atom. The van der Waals surface area contributed by atoms with Crippen molar-refractivity contribution in [1.29, 1.82) is 0 Å². The number of hydrogen-bond donors (Lipinski definition) is 1. The first-order valence-electron chi connectivity index (χ1n) is 6.12. The molecular weight excluding hydrogens is 266 g/mol. The maximum absolute atomic E-state index is 11.7. The molecule has 0 radical (unpaired) electrons. The second kappa shape index (κ2) is 7.79. The molecule has 0 aromatic heterocycles. The molecule has 1 atom stereocenters. The van der Waals surface area contributed by atoms with Gasteiger partial charge in [0.2, 0.25) is 5.91 Å². The van der Waals surface area contributed by atoms with Crippen molar-refractivity contribution in [3.8, 4) is 0 Å². The maximum atomic E-state index is 11.7. The van der Waals surface area contributed by atoms with Crippen LogP contribution >= 0.6 is 11.6 Å². The molecule has 0 aliphatic rings. The van der Waals surface area contributed by atoms with Gasteiger partial charge in [-0.1, -0.05) is 29.8 Å². The Labute approximate surface area is 118 Å². The lowest BCUT2D eigenvalue weighted by molar-refractivity contribution is -0.141. The minimum atomic E-state index is -0.334. The maximum Gasteiger partial charge on any atom is 0.307 e. The molecule has 0 heterocycles. The monoisotopic (exact) mass is 283 g/mol. The molecule has 1 aromatic rings. The third-order valence-corrected chi connectivity index (χ3v) is 3.06. The normalized spacial score (nSPS) is 11.7. The number of aryl methyl sites for hydroxylation is 1. The van der Waals surface area contributed by atoms with E-state index >= 15 is 0 Å². The number of benzene rings is 1. The lowest BCUT2D eigenvalue weighted by atomic mass is 10.1. The summed E-state index contributed by atoms with van der Waals surface area (Å²) in [6, 6.07) is 7.21. The molecule has 0 aliphatic heterocycles. The summed E-state index contributed by atoms with van der Waals surface area (Å²) in [6.07, 6.45) is 1.10. The van der Waals surface area contributed by atoms with Gasteiger partial charge in [0.1, 0.15) is 0 Å². The van der Waals surface area contributed by atoms with Gasteiger partial charge in [0.05, 0.1) is 13.5 Å². The molecule has 1 rings (SSSR count). The average molecular weight is 284 g/mol. The summed E-state index contributed by atoms with van der Waals surface area (Å²) >= 11 is 6.01. The van der Waals surface area contributed by atoms with Crippen molar-refractivity contribution in [3.05, 3.63) is 34.9 Å². The topological polar surface area (TPSA) is 55.4 Å². The van der Waals surface area contributed by atoms with Crippen LogP contribution in [0.2, 0.25) is 5.02 Å². The van der Waals surface area contributed by atoms with Gasteiger partial charge < -0.3 is 10.1 Å². The van der Waals surface area contributed by atoms with Gasteiger partial charge >= 0.3 is 5.97 Å². The van der Waals surface area contributed by atoms with E-state index in [1.165, 1.54) is 7.11 Å². The van der Waals surface area contributed by atoms with Crippen LogP contribution in [0.15, 0.2) is 24.3 Å². The lowest BCUT2D eigenvalue weighted by Gasteiger charge is -2.12. The molecule has 0 aliphatic carbocycles. The third-order valence-electron chi connectivity index (χ3n) is 2.69. The largest absolute Gasteiger partial charge is 0.469 e. The molecule has 0 saturated heterocycles. The van der Waals surface area contributed by atoms with E-state index in [1.54, 1.807) is 13.0 Å². The van der Waals surface area contributed by atoms with Gasteiger partial charge in [0, 0.05) is 17.5 Å². The number of hydrogen-bond acceptors (Lipinski definition) is 3. The van der Waals surface area contributed by atoms with E-state index in [4.69, 9.17) is 11.6 Å². The van der Waals surface area contributed by atoms with Gasteiger partial charge in [-0.05, 0) is 25.0 Å². The summed E-state index contributed by atoms with van der Waals surface area (Å²) in [4.78, 5) is 22.7. The fourth-order valence-corrected chi connectivity index (χ4v) is 1.91. The first kappa shape index (κ1) is 15.5. The molecule has 0 bridgehead atoms. The first-order chi connectivity index (χ1) is 9.02. The minimum absolute atomic E-state index is 0.101. The van der Waals surface area contributed by atoms with Crippen LogP contribution in [0.25, 0.3) is 0 Å². The number of methoxy groups -OCH3 is 1. The fourth-order valence-electron chi connectivity index (χ4n) is 1.68. The second-order valence-electron chi connectivity index (χ2n) is 4.34. The number of nitrogens with one attached hydrogen (secondary N) is 1. The summed E-state index contributed by atoms with van der Waals surface area (Å²) in [5, 5.41) is 3.42. The summed E-state index contributed by atoms with van der Waals surface area (Å²) in [5.74, 6) is -0.435. The van der Waals surface area contributed by atoms with Crippen LogP contribution in [0.5, 0.6) is 0 Å². The zero-order valence-electron chi connectivity index (χ0n) is 11.1. The Morgan fingerprint density at radius 1 is 1.37 bits per heavy atom. The summed E-state index contributed by atoms with van der Waals surface area (Å²) in [6.45, 7) is 1.77. The average Bonchev–Trinajstić information content (AvgIpc) is 2.37. The second-order valence-corrected chi connectivity index (χ2v) is 4.75. The van der Waals surface area contributed by atoms with Crippen molar-refractivity contribution in [2.45, 2.75) is 32.2 Å². The Kier molecular flexibility index (Phi) is 6.36. The molecule has 0 spiro atoms. The number of rotatable bonds is 6. The van der Waals surface area contributed by atoms with E-state index in [-0.39, 0.29) is 24.3 Å². The van der Waals surface area contributed by atoms with Crippen molar-refractivity contribution in [3.63, 3.8) is 0 Å². The van der Waals surface area contributed by atoms with Crippen LogP contribution < -0.4 is 5.32 Å². The smallest absolute Gasteiger partial charge is 0.307 e. The molecule has 1 N–H and O–H groups in total. The van der Waals surface area contributed by atoms with Crippen LogP contribution in [0.1, 0.15) is 25.3 Å². The lowest BCUT2D eigenvalue weighted by Crippen LogP contribution is -2.34. The van der Waals surface area contributed by atoms with Crippen LogP contribution in [-0.2, 0) is 20.7 Å². The molecule has 19 heavy (non-hydrogen) atoms. The van der Waals surface area contributed by atoms with Gasteiger partial charge in [0.25, 0.3) is 0 Å². The van der Waals surface area contributed by atoms with Crippen LogP contribution in [0.4, 0.5) is 0 Å². The van der Waals surface area contributed by atoms with Gasteiger partial charge in [-0.3, -0.25) is 9.59 Å². The Bertz CT molecular complexity index is 448. The Balaban J connectivity index is 2.36. The van der Waals surface area contributed by atoms with Crippen molar-refractivity contribution >= 4 is 23.5 Å². The highest BCUT2D eigenvalue weighted by molar-refractivity contribution is 6.31. The van der Waals surface area contributed by atoms with E-state index in [0.29, 0.717) is 17.9 Å². The van der Waals surface area contributed by atoms with Gasteiger partial charge in [-0.2, -0.15) is 0 Å². The highest BCUT2D eigenvalue weighted by Crippen LogP contribution is 2.16. The molecule has 0 saturated carbocycles. The Morgan fingerprint density at radius 3 is 2.68 bits per heavy atom. The molecule has 1 aromatic carbocycles.